The van der Waals surface area contributed by atoms with E-state index >= 15 is 0 Å². The predicted octanol–water partition coefficient (Wildman–Crippen LogP) is 6.14. The first kappa shape index (κ1) is 23.6. The SMILES string of the molecule is Cc1ccc(C)c(-c2nn(-c3ccccc3)cc2/C=c2\sc3nc(-c4ccc(Cl)cc4Cl)nn3c2=O)c1. The van der Waals surface area contributed by atoms with Crippen molar-refractivity contribution in [3.8, 4) is 28.3 Å². The Morgan fingerprint density at radius 1 is 0.919 bits per heavy atom. The van der Waals surface area contributed by atoms with Crippen LogP contribution >= 0.6 is 34.5 Å². The molecule has 0 aliphatic carbocycles. The molecule has 3 aromatic heterocycles. The Kier molecular flexibility index (Phi) is 5.91. The van der Waals surface area contributed by atoms with E-state index in [-0.39, 0.29) is 5.56 Å². The number of nitrogens with zero attached hydrogens (tertiary/aromatic N) is 5. The van der Waals surface area contributed by atoms with E-state index in [9.17, 15) is 4.79 Å². The third-order valence-corrected chi connectivity index (χ3v) is 7.56. The number of hydrogen-bond acceptors (Lipinski definition) is 5. The monoisotopic (exact) mass is 543 g/mol. The highest BCUT2D eigenvalue weighted by atomic mass is 35.5. The van der Waals surface area contributed by atoms with Gasteiger partial charge in [-0.15, -0.1) is 5.10 Å². The van der Waals surface area contributed by atoms with Crippen LogP contribution in [0, 0.1) is 13.8 Å². The maximum absolute atomic E-state index is 13.3. The van der Waals surface area contributed by atoms with Crippen LogP contribution in [0.2, 0.25) is 10.0 Å². The van der Waals surface area contributed by atoms with Gasteiger partial charge in [-0.05, 0) is 61.9 Å². The molecule has 0 N–H and O–H groups in total. The zero-order valence-electron chi connectivity index (χ0n) is 19.8. The van der Waals surface area contributed by atoms with Crippen LogP contribution in [-0.2, 0) is 0 Å². The third-order valence-electron chi connectivity index (χ3n) is 6.05. The number of benzene rings is 3. The van der Waals surface area contributed by atoms with Crippen molar-refractivity contribution < 1.29 is 0 Å². The molecule has 0 spiro atoms. The summed E-state index contributed by atoms with van der Waals surface area (Å²) < 4.78 is 3.67. The van der Waals surface area contributed by atoms with Gasteiger partial charge in [0.1, 0.15) is 5.69 Å². The van der Waals surface area contributed by atoms with Crippen LogP contribution in [0.5, 0.6) is 0 Å². The number of halogens is 2. The average Bonchev–Trinajstić information content (AvgIpc) is 3.56. The molecule has 37 heavy (non-hydrogen) atoms. The van der Waals surface area contributed by atoms with Crippen molar-refractivity contribution in [3.05, 3.63) is 115 Å². The molecule has 0 saturated heterocycles. The van der Waals surface area contributed by atoms with E-state index in [0.717, 1.165) is 33.6 Å². The highest BCUT2D eigenvalue weighted by molar-refractivity contribution is 7.15. The van der Waals surface area contributed by atoms with Crippen LogP contribution in [0.3, 0.4) is 0 Å². The topological polar surface area (TPSA) is 65.1 Å². The van der Waals surface area contributed by atoms with E-state index in [1.54, 1.807) is 18.2 Å². The molecule has 0 saturated carbocycles. The van der Waals surface area contributed by atoms with E-state index in [1.807, 2.05) is 47.3 Å². The smallest absolute Gasteiger partial charge is 0.266 e. The molecule has 0 aliphatic heterocycles. The summed E-state index contributed by atoms with van der Waals surface area (Å²) in [6.07, 6.45) is 3.81. The van der Waals surface area contributed by atoms with Gasteiger partial charge in [-0.2, -0.15) is 14.6 Å². The lowest BCUT2D eigenvalue weighted by Crippen LogP contribution is -2.23. The first-order valence-electron chi connectivity index (χ1n) is 11.5. The number of rotatable bonds is 4. The van der Waals surface area contributed by atoms with Crippen molar-refractivity contribution in [3.63, 3.8) is 0 Å². The van der Waals surface area contributed by atoms with E-state index in [4.69, 9.17) is 28.3 Å². The Bertz CT molecular complexity index is 1910. The quantitative estimate of drug-likeness (QED) is 0.267. The number of aryl methyl sites for hydroxylation is 2. The summed E-state index contributed by atoms with van der Waals surface area (Å²) in [5.74, 6) is 0.379. The van der Waals surface area contributed by atoms with Crippen molar-refractivity contribution in [1.82, 2.24) is 24.4 Å². The summed E-state index contributed by atoms with van der Waals surface area (Å²) in [5.41, 5.74) is 6.20. The van der Waals surface area contributed by atoms with Gasteiger partial charge in [-0.25, -0.2) is 4.68 Å². The summed E-state index contributed by atoms with van der Waals surface area (Å²) in [4.78, 5) is 18.4. The van der Waals surface area contributed by atoms with E-state index in [0.29, 0.717) is 30.9 Å². The van der Waals surface area contributed by atoms with Crippen LogP contribution in [0.1, 0.15) is 16.7 Å². The van der Waals surface area contributed by atoms with Crippen molar-refractivity contribution >= 4 is 45.6 Å². The first-order valence-corrected chi connectivity index (χ1v) is 13.0. The van der Waals surface area contributed by atoms with Gasteiger partial charge in [0.05, 0.1) is 15.2 Å². The molecule has 0 fully saturated rings. The van der Waals surface area contributed by atoms with Gasteiger partial charge in [0, 0.05) is 27.9 Å². The van der Waals surface area contributed by atoms with E-state index < -0.39 is 0 Å². The molecule has 0 amide bonds. The van der Waals surface area contributed by atoms with Crippen LogP contribution < -0.4 is 10.1 Å². The fourth-order valence-electron chi connectivity index (χ4n) is 4.17. The van der Waals surface area contributed by atoms with Crippen molar-refractivity contribution in [2.75, 3.05) is 0 Å². The number of fused-ring (bicyclic) bond motifs is 1. The average molecular weight is 544 g/mol. The number of aromatic nitrogens is 5. The minimum atomic E-state index is -0.247. The summed E-state index contributed by atoms with van der Waals surface area (Å²) in [5, 5.41) is 10.3. The van der Waals surface area contributed by atoms with E-state index in [2.05, 4.69) is 42.1 Å². The lowest BCUT2D eigenvalue weighted by atomic mass is 10.0. The molecule has 6 aromatic rings. The van der Waals surface area contributed by atoms with Crippen LogP contribution in [0.4, 0.5) is 0 Å². The zero-order valence-corrected chi connectivity index (χ0v) is 22.1. The fourth-order valence-corrected chi connectivity index (χ4v) is 5.56. The van der Waals surface area contributed by atoms with Gasteiger partial charge in [0.15, 0.2) is 5.82 Å². The second kappa shape index (κ2) is 9.27. The Balaban J connectivity index is 1.51. The molecule has 0 unspecified atom stereocenters. The number of thiazole rings is 1. The van der Waals surface area contributed by atoms with Crippen molar-refractivity contribution in [2.45, 2.75) is 13.8 Å². The lowest BCUT2D eigenvalue weighted by molar-refractivity contribution is 0.884. The zero-order chi connectivity index (χ0) is 25.7. The Morgan fingerprint density at radius 2 is 1.73 bits per heavy atom. The van der Waals surface area contributed by atoms with Crippen LogP contribution in [0.25, 0.3) is 39.4 Å². The minimum Gasteiger partial charge on any atom is -0.266 e. The number of hydrogen-bond donors (Lipinski definition) is 0. The molecular weight excluding hydrogens is 525 g/mol. The summed E-state index contributed by atoms with van der Waals surface area (Å²) >= 11 is 13.6. The lowest BCUT2D eigenvalue weighted by Gasteiger charge is -2.05. The molecular formula is C28H19Cl2N5OS. The molecule has 0 radical (unpaired) electrons. The highest BCUT2D eigenvalue weighted by Gasteiger charge is 2.17. The third kappa shape index (κ3) is 4.35. The molecule has 3 heterocycles. The van der Waals surface area contributed by atoms with Gasteiger partial charge in [-0.1, -0.05) is 70.4 Å². The maximum atomic E-state index is 13.3. The number of para-hydroxylation sites is 1. The van der Waals surface area contributed by atoms with Gasteiger partial charge >= 0.3 is 0 Å². The largest absolute Gasteiger partial charge is 0.291 e. The summed E-state index contributed by atoms with van der Waals surface area (Å²) in [6, 6.07) is 21.3. The Labute approximate surface area is 226 Å². The van der Waals surface area contributed by atoms with Crippen LogP contribution in [0.15, 0.2) is 77.7 Å². The molecule has 0 aliphatic rings. The molecule has 6 rings (SSSR count). The molecule has 182 valence electrons. The molecule has 6 nitrogen and oxygen atoms in total. The van der Waals surface area contributed by atoms with Gasteiger partial charge in [0.25, 0.3) is 5.56 Å². The van der Waals surface area contributed by atoms with Gasteiger partial charge in [-0.3, -0.25) is 4.79 Å². The highest BCUT2D eigenvalue weighted by Crippen LogP contribution is 2.30. The molecule has 0 bridgehead atoms. The standard InChI is InChI=1S/C28H19Cl2N5OS/c1-16-8-9-17(2)22(12-16)25-18(15-34(32-25)20-6-4-3-5-7-20)13-24-27(36)35-28(37-24)31-26(33-35)21-11-10-19(29)14-23(21)30/h3-15H,1-2H3/b24-13-. The van der Waals surface area contributed by atoms with Crippen molar-refractivity contribution in [2.24, 2.45) is 0 Å². The van der Waals surface area contributed by atoms with Crippen LogP contribution in [-0.4, -0.2) is 24.4 Å². The molecule has 9 heteroatoms. The van der Waals surface area contributed by atoms with Crippen molar-refractivity contribution in [1.29, 1.82) is 0 Å². The van der Waals surface area contributed by atoms with Gasteiger partial charge in [0.2, 0.25) is 4.96 Å². The minimum absolute atomic E-state index is 0.247. The second-order valence-electron chi connectivity index (χ2n) is 8.70. The first-order chi connectivity index (χ1) is 17.9. The Hall–Kier alpha value is -3.78. The molecule has 3 aromatic carbocycles. The normalized spacial score (nSPS) is 12.1. The summed E-state index contributed by atoms with van der Waals surface area (Å²) in [6.45, 7) is 4.12. The maximum Gasteiger partial charge on any atom is 0.291 e. The van der Waals surface area contributed by atoms with Gasteiger partial charge < -0.3 is 0 Å². The van der Waals surface area contributed by atoms with E-state index in [1.165, 1.54) is 15.9 Å². The predicted molar refractivity (Wildman–Crippen MR) is 150 cm³/mol. The Morgan fingerprint density at radius 3 is 2.49 bits per heavy atom. The molecule has 0 atom stereocenters. The second-order valence-corrected chi connectivity index (χ2v) is 10.6. The summed E-state index contributed by atoms with van der Waals surface area (Å²) in [7, 11) is 0. The fraction of sp³-hybridized carbons (Fsp3) is 0.0714.